The molecule has 0 aliphatic heterocycles. The number of para-hydroxylation sites is 1. The Bertz CT molecular complexity index is 3800. The van der Waals surface area contributed by atoms with Crippen molar-refractivity contribution in [2.45, 2.75) is 106 Å². The maximum Gasteiger partial charge on any atom is 0.144 e. The van der Waals surface area contributed by atoms with Gasteiger partial charge in [-0.05, 0) is 178 Å². The third-order valence-electron chi connectivity index (χ3n) is 16.5. The molecule has 10 aromatic rings. The predicted molar refractivity (Wildman–Crippen MR) is 301 cm³/mol. The molecule has 3 aliphatic rings. The normalized spacial score (nSPS) is 14.6. The van der Waals surface area contributed by atoms with E-state index in [-0.39, 0.29) is 16.2 Å². The van der Waals surface area contributed by atoms with Crippen LogP contribution in [-0.2, 0) is 16.2 Å². The number of fused-ring (bicyclic) bond motifs is 15. The van der Waals surface area contributed by atoms with Crippen LogP contribution in [0.3, 0.4) is 0 Å². The fraction of sp³-hybridized carbons (Fsp3) is 0.232. The van der Waals surface area contributed by atoms with Gasteiger partial charge in [0, 0.05) is 45.0 Å². The minimum absolute atomic E-state index is 0.0381. The molecule has 0 amide bonds. The summed E-state index contributed by atoms with van der Waals surface area (Å²) in [6, 6.07) is 53.3. The molecule has 2 nitrogen and oxygen atoms in total. The lowest BCUT2D eigenvalue weighted by molar-refractivity contribution is 0.600. The number of nitrogens with zero attached hydrogens (tertiary/aromatic N) is 1. The molecule has 2 aromatic heterocycles. The molecule has 0 radical (unpaired) electrons. The molecule has 0 saturated carbocycles. The minimum atomic E-state index is -0.0858. The molecule has 8 aromatic carbocycles. The van der Waals surface area contributed by atoms with Crippen molar-refractivity contribution in [3.05, 3.63) is 230 Å². The van der Waals surface area contributed by atoms with Gasteiger partial charge in [-0.15, -0.1) is 0 Å². The van der Waals surface area contributed by atoms with Crippen LogP contribution in [0.1, 0.15) is 114 Å². The van der Waals surface area contributed by atoms with Crippen molar-refractivity contribution in [2.24, 2.45) is 0 Å². The molecule has 0 atom stereocenters. The van der Waals surface area contributed by atoms with Gasteiger partial charge in [-0.1, -0.05) is 180 Å². The molecule has 0 unspecified atom stereocenters. The van der Waals surface area contributed by atoms with Crippen molar-refractivity contribution in [1.29, 1.82) is 0 Å². The van der Waals surface area contributed by atoms with E-state index < -0.39 is 0 Å². The molecule has 13 rings (SSSR count). The van der Waals surface area contributed by atoms with Gasteiger partial charge >= 0.3 is 0 Å². The molecule has 0 spiro atoms. The summed E-state index contributed by atoms with van der Waals surface area (Å²) >= 11 is 0. The van der Waals surface area contributed by atoms with Crippen LogP contribution in [0.4, 0.5) is 0 Å². The highest BCUT2D eigenvalue weighted by Crippen LogP contribution is 2.63. The van der Waals surface area contributed by atoms with E-state index in [0.717, 1.165) is 11.2 Å². The number of hydrogen-bond acceptors (Lipinski definition) is 2. The topological polar surface area (TPSA) is 26.0 Å². The maximum absolute atomic E-state index is 6.68. The molecular formula is C69H65NO. The van der Waals surface area contributed by atoms with Gasteiger partial charge in [-0.3, -0.25) is 4.98 Å². The molecule has 71 heavy (non-hydrogen) atoms. The molecular weight excluding hydrogens is 859 g/mol. The number of aryl methyl sites for hydroxylation is 6. The Labute approximate surface area is 421 Å². The summed E-state index contributed by atoms with van der Waals surface area (Å²) < 4.78 is 6.68. The van der Waals surface area contributed by atoms with Crippen molar-refractivity contribution in [3.8, 4) is 55.6 Å². The second-order valence-corrected chi connectivity index (χ2v) is 22.3. The Balaban J connectivity index is 0.000000132. The molecule has 352 valence electrons. The first-order valence-electron chi connectivity index (χ1n) is 25.4. The minimum Gasteiger partial charge on any atom is -0.455 e. The van der Waals surface area contributed by atoms with Crippen LogP contribution in [0, 0.1) is 48.5 Å². The van der Waals surface area contributed by atoms with E-state index >= 15 is 0 Å². The Hall–Kier alpha value is -7.29. The SMILES string of the molecule is Cc1ccc(C)c(C)c1.Cc1ccc2c(c1)C(C)(C)c1c3c(c4oc5ccccc5c4c1-2)-c1ccccc1C3(C)C.Cc1ccc2c(c1)C(C)(C)c1cc(-c3ccncc3)c(C)c(-c3ccccc3C)c1-2. The van der Waals surface area contributed by atoms with E-state index in [4.69, 9.17) is 4.42 Å². The fourth-order valence-electron chi connectivity index (χ4n) is 12.6. The predicted octanol–water partition coefficient (Wildman–Crippen LogP) is 18.8. The standard InChI is InChI=1S/C31H26O.C29H27N.C9H12/c1-17-14-15-19-22(16-17)31(4,5)27-24(19)25-20-11-7-9-13-23(20)32-29(25)26-18-10-6-8-12-21(18)30(2,3)28(26)27;1-18-10-11-23-25(16-18)29(4,5)26-17-24(21-12-14-30-15-13-21)20(3)27(28(23)26)22-9-7-6-8-19(22)2;1-7-4-5-8(2)9(3)6-7/h6-16H,1-5H3;6-17H,1-5H3;4-6H,1-3H3. The summed E-state index contributed by atoms with van der Waals surface area (Å²) in [6.45, 7) is 29.6. The molecule has 2 heteroatoms. The zero-order chi connectivity index (χ0) is 49.9. The highest BCUT2D eigenvalue weighted by atomic mass is 16.3. The third kappa shape index (κ3) is 7.08. The van der Waals surface area contributed by atoms with Gasteiger partial charge in [-0.2, -0.15) is 0 Å². The third-order valence-corrected chi connectivity index (χ3v) is 16.5. The Morgan fingerprint density at radius 1 is 0.380 bits per heavy atom. The van der Waals surface area contributed by atoms with Crippen LogP contribution in [0.5, 0.6) is 0 Å². The number of rotatable bonds is 2. The van der Waals surface area contributed by atoms with E-state index in [0.29, 0.717) is 0 Å². The van der Waals surface area contributed by atoms with E-state index in [9.17, 15) is 0 Å². The van der Waals surface area contributed by atoms with Crippen molar-refractivity contribution in [3.63, 3.8) is 0 Å². The summed E-state index contributed by atoms with van der Waals surface area (Å²) in [6.07, 6.45) is 3.78. The first-order valence-corrected chi connectivity index (χ1v) is 25.4. The van der Waals surface area contributed by atoms with E-state index in [2.05, 4.69) is 241 Å². The second kappa shape index (κ2) is 16.7. The van der Waals surface area contributed by atoms with Crippen LogP contribution >= 0.6 is 0 Å². The Kier molecular flexibility index (Phi) is 10.8. The van der Waals surface area contributed by atoms with Gasteiger partial charge < -0.3 is 4.42 Å². The maximum atomic E-state index is 6.68. The highest BCUT2D eigenvalue weighted by Gasteiger charge is 2.48. The lowest BCUT2D eigenvalue weighted by Crippen LogP contribution is -2.24. The summed E-state index contributed by atoms with van der Waals surface area (Å²) in [7, 11) is 0. The molecule has 0 saturated heterocycles. The van der Waals surface area contributed by atoms with Crippen molar-refractivity contribution < 1.29 is 4.42 Å². The van der Waals surface area contributed by atoms with E-state index in [1.54, 1.807) is 0 Å². The Morgan fingerprint density at radius 2 is 0.930 bits per heavy atom. The van der Waals surface area contributed by atoms with Gasteiger partial charge in [0.15, 0.2) is 0 Å². The van der Waals surface area contributed by atoms with Crippen LogP contribution in [0.25, 0.3) is 77.6 Å². The lowest BCUT2D eigenvalue weighted by atomic mass is 9.72. The van der Waals surface area contributed by atoms with Crippen molar-refractivity contribution in [2.75, 3.05) is 0 Å². The van der Waals surface area contributed by atoms with Gasteiger partial charge in [0.2, 0.25) is 0 Å². The fourth-order valence-corrected chi connectivity index (χ4v) is 12.6. The molecule has 0 bridgehead atoms. The van der Waals surface area contributed by atoms with E-state index in [1.807, 2.05) is 12.4 Å². The first-order chi connectivity index (χ1) is 33.9. The average molecular weight is 924 g/mol. The zero-order valence-electron chi connectivity index (χ0n) is 43.9. The zero-order valence-corrected chi connectivity index (χ0v) is 43.9. The molecule has 0 N–H and O–H groups in total. The lowest BCUT2D eigenvalue weighted by Gasteiger charge is -2.31. The number of furan rings is 1. The van der Waals surface area contributed by atoms with Crippen LogP contribution in [0.15, 0.2) is 162 Å². The van der Waals surface area contributed by atoms with Gasteiger partial charge in [0.1, 0.15) is 11.2 Å². The summed E-state index contributed by atoms with van der Waals surface area (Å²) in [5, 5.41) is 2.49. The summed E-state index contributed by atoms with van der Waals surface area (Å²) in [5.41, 5.74) is 33.2. The summed E-state index contributed by atoms with van der Waals surface area (Å²) in [4.78, 5) is 4.24. The number of aromatic nitrogens is 1. The average Bonchev–Trinajstić information content (AvgIpc) is 3.99. The monoisotopic (exact) mass is 924 g/mol. The largest absolute Gasteiger partial charge is 0.455 e. The van der Waals surface area contributed by atoms with Gasteiger partial charge in [0.25, 0.3) is 0 Å². The second-order valence-electron chi connectivity index (χ2n) is 22.3. The Morgan fingerprint density at radius 3 is 1.61 bits per heavy atom. The van der Waals surface area contributed by atoms with Crippen LogP contribution in [-0.4, -0.2) is 4.98 Å². The van der Waals surface area contributed by atoms with Gasteiger partial charge in [0.05, 0.1) is 0 Å². The smallest absolute Gasteiger partial charge is 0.144 e. The van der Waals surface area contributed by atoms with Gasteiger partial charge in [-0.25, -0.2) is 0 Å². The number of benzene rings is 8. The highest BCUT2D eigenvalue weighted by molar-refractivity contribution is 6.20. The van der Waals surface area contributed by atoms with Crippen LogP contribution in [0.2, 0.25) is 0 Å². The van der Waals surface area contributed by atoms with Crippen LogP contribution < -0.4 is 0 Å². The van der Waals surface area contributed by atoms with Crippen molar-refractivity contribution in [1.82, 2.24) is 4.98 Å². The molecule has 2 heterocycles. The number of pyridine rings is 1. The molecule has 3 aliphatic carbocycles. The molecule has 0 fully saturated rings. The van der Waals surface area contributed by atoms with Crippen molar-refractivity contribution >= 4 is 21.9 Å². The summed E-state index contributed by atoms with van der Waals surface area (Å²) in [5.74, 6) is 0. The number of hydrogen-bond donors (Lipinski definition) is 0. The van der Waals surface area contributed by atoms with E-state index in [1.165, 1.54) is 139 Å². The first kappa shape index (κ1) is 46.1. The quantitative estimate of drug-likeness (QED) is 0.173.